The molecule has 1 heterocycles. The third-order valence-electron chi connectivity index (χ3n) is 4.90. The van der Waals surface area contributed by atoms with Crippen LogP contribution in [0.5, 0.6) is 0 Å². The lowest BCUT2D eigenvalue weighted by atomic mass is 10.1. The normalized spacial score (nSPS) is 22.3. The van der Waals surface area contributed by atoms with E-state index in [0.717, 1.165) is 17.7 Å². The average Bonchev–Trinajstić information content (AvgIpc) is 3.35. The van der Waals surface area contributed by atoms with Crippen molar-refractivity contribution in [2.45, 2.75) is 38.6 Å². The predicted octanol–water partition coefficient (Wildman–Crippen LogP) is 1.46. The van der Waals surface area contributed by atoms with E-state index >= 15 is 0 Å². The smallest absolute Gasteiger partial charge is 0.227 e. The Balaban J connectivity index is 1.61. The zero-order chi connectivity index (χ0) is 16.4. The highest BCUT2D eigenvalue weighted by molar-refractivity contribution is 6.00. The van der Waals surface area contributed by atoms with Gasteiger partial charge >= 0.3 is 0 Å². The highest BCUT2D eigenvalue weighted by atomic mass is 16.2. The average molecular weight is 315 g/mol. The number of carbonyl (C=O) groups is 2. The van der Waals surface area contributed by atoms with Gasteiger partial charge in [0.25, 0.3) is 0 Å². The van der Waals surface area contributed by atoms with Crippen LogP contribution in [0.4, 0.5) is 5.69 Å². The molecule has 2 atom stereocenters. The third kappa shape index (κ3) is 3.55. The fraction of sp³-hybridized carbons (Fsp3) is 0.556. The van der Waals surface area contributed by atoms with E-state index in [9.17, 15) is 9.59 Å². The second-order valence-electron chi connectivity index (χ2n) is 6.63. The van der Waals surface area contributed by atoms with Gasteiger partial charge in [-0.25, -0.2) is 0 Å². The minimum absolute atomic E-state index is 0.0255. The lowest BCUT2D eigenvalue weighted by Gasteiger charge is -2.20. The van der Waals surface area contributed by atoms with Gasteiger partial charge in [-0.05, 0) is 36.8 Å². The number of amides is 2. The van der Waals surface area contributed by atoms with Crippen LogP contribution in [-0.4, -0.2) is 30.9 Å². The quantitative estimate of drug-likeness (QED) is 0.834. The van der Waals surface area contributed by atoms with Crippen molar-refractivity contribution in [2.24, 2.45) is 17.6 Å². The van der Waals surface area contributed by atoms with E-state index in [1.165, 1.54) is 12.8 Å². The van der Waals surface area contributed by atoms with Gasteiger partial charge in [-0.3, -0.25) is 9.59 Å². The first-order valence-electron chi connectivity index (χ1n) is 8.51. The van der Waals surface area contributed by atoms with Gasteiger partial charge in [-0.1, -0.05) is 25.1 Å². The first kappa shape index (κ1) is 16.0. The summed E-state index contributed by atoms with van der Waals surface area (Å²) in [6.45, 7) is 3.04. The number of nitrogens with zero attached hydrogens (tertiary/aromatic N) is 1. The van der Waals surface area contributed by atoms with Gasteiger partial charge in [-0.2, -0.15) is 0 Å². The molecule has 0 bridgehead atoms. The molecule has 1 aromatic carbocycles. The van der Waals surface area contributed by atoms with Crippen molar-refractivity contribution in [3.05, 3.63) is 29.8 Å². The van der Waals surface area contributed by atoms with Crippen molar-refractivity contribution in [3.8, 4) is 0 Å². The molecule has 5 nitrogen and oxygen atoms in total. The maximum absolute atomic E-state index is 12.3. The maximum Gasteiger partial charge on any atom is 0.227 e. The Morgan fingerprint density at radius 3 is 2.83 bits per heavy atom. The van der Waals surface area contributed by atoms with Crippen LogP contribution in [0, 0.1) is 11.8 Å². The summed E-state index contributed by atoms with van der Waals surface area (Å²) in [7, 11) is 0. The lowest BCUT2D eigenvalue weighted by molar-refractivity contribution is -0.126. The van der Waals surface area contributed by atoms with Crippen molar-refractivity contribution in [1.29, 1.82) is 0 Å². The van der Waals surface area contributed by atoms with Gasteiger partial charge in [0.2, 0.25) is 11.8 Å². The summed E-state index contributed by atoms with van der Waals surface area (Å²) in [6, 6.07) is 7.95. The van der Waals surface area contributed by atoms with Crippen LogP contribution in [0.2, 0.25) is 0 Å². The second-order valence-corrected chi connectivity index (χ2v) is 6.63. The first-order chi connectivity index (χ1) is 11.1. The van der Waals surface area contributed by atoms with Gasteiger partial charge in [0.15, 0.2) is 0 Å². The van der Waals surface area contributed by atoms with Crippen molar-refractivity contribution in [2.75, 3.05) is 18.0 Å². The molecular formula is C18H25N3O2. The number of nitrogens with one attached hydrogen (secondary N) is 1. The number of carbonyl (C=O) groups excluding carboxylic acids is 2. The summed E-state index contributed by atoms with van der Waals surface area (Å²) in [4.78, 5) is 26.4. The Hall–Kier alpha value is -1.88. The summed E-state index contributed by atoms with van der Waals surface area (Å²) in [5.41, 5.74) is 8.09. The molecule has 3 N–H and O–H groups in total. The molecule has 0 radical (unpaired) electrons. The Kier molecular flexibility index (Phi) is 4.66. The number of nitrogens with two attached hydrogens (primary N) is 1. The van der Waals surface area contributed by atoms with E-state index in [-0.39, 0.29) is 30.2 Å². The zero-order valence-electron chi connectivity index (χ0n) is 13.6. The molecule has 23 heavy (non-hydrogen) atoms. The van der Waals surface area contributed by atoms with E-state index in [4.69, 9.17) is 5.73 Å². The lowest BCUT2D eigenvalue weighted by Crippen LogP contribution is -2.41. The zero-order valence-corrected chi connectivity index (χ0v) is 13.6. The highest BCUT2D eigenvalue weighted by Gasteiger charge is 2.36. The number of rotatable bonds is 6. The molecule has 2 amide bonds. The fourth-order valence-electron chi connectivity index (χ4n) is 3.24. The van der Waals surface area contributed by atoms with Gasteiger partial charge in [-0.15, -0.1) is 0 Å². The van der Waals surface area contributed by atoms with Crippen molar-refractivity contribution in [3.63, 3.8) is 0 Å². The molecule has 1 saturated heterocycles. The van der Waals surface area contributed by atoms with Crippen molar-refractivity contribution in [1.82, 2.24) is 5.32 Å². The van der Waals surface area contributed by atoms with Crippen LogP contribution in [0.25, 0.3) is 0 Å². The minimum Gasteiger partial charge on any atom is -0.354 e. The highest BCUT2D eigenvalue weighted by Crippen LogP contribution is 2.31. The number of para-hydroxylation sites is 1. The molecule has 3 rings (SSSR count). The first-order valence-corrected chi connectivity index (χ1v) is 8.51. The number of aryl methyl sites for hydroxylation is 1. The SMILES string of the molecule is CCc1ccccc1N1CC(C(=O)NCC(N)C2CC2)CC1=O. The van der Waals surface area contributed by atoms with Crippen LogP contribution in [-0.2, 0) is 16.0 Å². The van der Waals surface area contributed by atoms with E-state index < -0.39 is 0 Å². The van der Waals surface area contributed by atoms with Crippen molar-refractivity contribution >= 4 is 17.5 Å². The van der Waals surface area contributed by atoms with Gasteiger partial charge in [0.1, 0.15) is 0 Å². The van der Waals surface area contributed by atoms with Crippen LogP contribution >= 0.6 is 0 Å². The largest absolute Gasteiger partial charge is 0.354 e. The minimum atomic E-state index is -0.279. The van der Waals surface area contributed by atoms with Crippen LogP contribution in [0.3, 0.4) is 0 Å². The van der Waals surface area contributed by atoms with Gasteiger partial charge in [0, 0.05) is 31.2 Å². The molecular weight excluding hydrogens is 290 g/mol. The monoisotopic (exact) mass is 315 g/mol. The summed E-state index contributed by atoms with van der Waals surface area (Å²) in [5.74, 6) is 0.260. The predicted molar refractivity (Wildman–Crippen MR) is 90.0 cm³/mol. The molecule has 2 fully saturated rings. The molecule has 5 heteroatoms. The standard InChI is InChI=1S/C18H25N3O2/c1-2-12-5-3-4-6-16(12)21-11-14(9-17(21)22)18(23)20-10-15(19)13-7-8-13/h3-6,13-15H,2,7-11,19H2,1H3,(H,20,23). The van der Waals surface area contributed by atoms with E-state index in [0.29, 0.717) is 19.0 Å². The van der Waals surface area contributed by atoms with Crippen LogP contribution < -0.4 is 16.0 Å². The molecule has 0 aromatic heterocycles. The second kappa shape index (κ2) is 6.71. The molecule has 1 aromatic rings. The van der Waals surface area contributed by atoms with E-state index in [1.54, 1.807) is 4.90 Å². The van der Waals surface area contributed by atoms with Gasteiger partial charge in [0.05, 0.1) is 5.92 Å². The maximum atomic E-state index is 12.3. The summed E-state index contributed by atoms with van der Waals surface area (Å²) >= 11 is 0. The van der Waals surface area contributed by atoms with E-state index in [1.807, 2.05) is 24.3 Å². The molecule has 1 aliphatic heterocycles. The van der Waals surface area contributed by atoms with Crippen molar-refractivity contribution < 1.29 is 9.59 Å². The Morgan fingerprint density at radius 1 is 1.39 bits per heavy atom. The Morgan fingerprint density at radius 2 is 2.13 bits per heavy atom. The molecule has 124 valence electrons. The Bertz CT molecular complexity index is 598. The number of anilines is 1. The fourth-order valence-corrected chi connectivity index (χ4v) is 3.24. The van der Waals surface area contributed by atoms with Gasteiger partial charge < -0.3 is 16.0 Å². The van der Waals surface area contributed by atoms with Crippen LogP contribution in [0.1, 0.15) is 31.7 Å². The third-order valence-corrected chi connectivity index (χ3v) is 4.90. The van der Waals surface area contributed by atoms with E-state index in [2.05, 4.69) is 12.2 Å². The van der Waals surface area contributed by atoms with Crippen LogP contribution in [0.15, 0.2) is 24.3 Å². The number of benzene rings is 1. The summed E-state index contributed by atoms with van der Waals surface area (Å²) < 4.78 is 0. The molecule has 0 spiro atoms. The molecule has 1 aliphatic carbocycles. The molecule has 1 saturated carbocycles. The summed E-state index contributed by atoms with van der Waals surface area (Å²) in [6.07, 6.45) is 3.48. The topological polar surface area (TPSA) is 75.4 Å². The number of hydrogen-bond donors (Lipinski definition) is 2. The Labute approximate surface area is 137 Å². The molecule has 2 unspecified atom stereocenters. The summed E-state index contributed by atoms with van der Waals surface area (Å²) in [5, 5.41) is 2.92. The number of hydrogen-bond acceptors (Lipinski definition) is 3. The molecule has 2 aliphatic rings.